The van der Waals surface area contributed by atoms with Gasteiger partial charge in [-0.15, -0.1) is 0 Å². The molecule has 1 aromatic heterocycles. The Bertz CT molecular complexity index is 1010. The van der Waals surface area contributed by atoms with Crippen LogP contribution < -0.4 is 10.7 Å². The Morgan fingerprint density at radius 1 is 1.13 bits per heavy atom. The number of aromatic nitrogens is 1. The lowest BCUT2D eigenvalue weighted by Crippen LogP contribution is -2.23. The molecular weight excluding hydrogens is 356 g/mol. The molecule has 4 nitrogen and oxygen atoms in total. The maximum absolute atomic E-state index is 12.7. The summed E-state index contributed by atoms with van der Waals surface area (Å²) >= 11 is 3.39. The van der Waals surface area contributed by atoms with E-state index in [2.05, 4.69) is 21.2 Å². The molecule has 23 heavy (non-hydrogen) atoms. The first-order chi connectivity index (χ1) is 11.1. The van der Waals surface area contributed by atoms with Crippen molar-refractivity contribution in [2.75, 3.05) is 5.32 Å². The minimum Gasteiger partial charge on any atom is -0.346 e. The van der Waals surface area contributed by atoms with Crippen LogP contribution in [0.25, 0.3) is 10.9 Å². The van der Waals surface area contributed by atoms with Crippen LogP contribution in [0.15, 0.2) is 57.9 Å². The Labute approximate surface area is 140 Å². The van der Waals surface area contributed by atoms with Gasteiger partial charge in [0.15, 0.2) is 0 Å². The van der Waals surface area contributed by atoms with E-state index in [4.69, 9.17) is 0 Å². The van der Waals surface area contributed by atoms with Crippen molar-refractivity contribution >= 4 is 38.4 Å². The monoisotopic (exact) mass is 368 g/mol. The zero-order valence-electron chi connectivity index (χ0n) is 12.2. The van der Waals surface area contributed by atoms with E-state index in [1.165, 1.54) is 0 Å². The molecule has 0 saturated heterocycles. The molecule has 0 saturated carbocycles. The molecule has 2 aromatic carbocycles. The third-order valence-electron chi connectivity index (χ3n) is 4.17. The van der Waals surface area contributed by atoms with Crippen LogP contribution in [0.1, 0.15) is 15.9 Å². The number of halogens is 1. The second kappa shape index (κ2) is 5.35. The zero-order chi connectivity index (χ0) is 16.0. The number of amides is 1. The molecule has 114 valence electrons. The number of pyridine rings is 1. The maximum Gasteiger partial charge on any atom is 0.261 e. The van der Waals surface area contributed by atoms with Crippen molar-refractivity contribution in [1.82, 2.24) is 4.57 Å². The van der Waals surface area contributed by atoms with Gasteiger partial charge in [-0.3, -0.25) is 9.59 Å². The summed E-state index contributed by atoms with van der Waals surface area (Å²) in [4.78, 5) is 25.3. The molecule has 0 bridgehead atoms. The Morgan fingerprint density at radius 2 is 1.96 bits per heavy atom. The molecule has 0 atom stereocenters. The highest BCUT2D eigenvalue weighted by molar-refractivity contribution is 9.10. The van der Waals surface area contributed by atoms with E-state index in [9.17, 15) is 9.59 Å². The number of hydrogen-bond donors (Lipinski definition) is 1. The van der Waals surface area contributed by atoms with Crippen molar-refractivity contribution in [2.45, 2.75) is 13.0 Å². The topological polar surface area (TPSA) is 51.1 Å². The van der Waals surface area contributed by atoms with Gasteiger partial charge in [0, 0.05) is 22.6 Å². The van der Waals surface area contributed by atoms with E-state index in [1.807, 2.05) is 34.9 Å². The van der Waals surface area contributed by atoms with Crippen molar-refractivity contribution in [3.05, 3.63) is 74.5 Å². The number of nitrogens with zero attached hydrogens (tertiary/aromatic N) is 1. The lowest BCUT2D eigenvalue weighted by molar-refractivity contribution is 0.102. The van der Waals surface area contributed by atoms with Gasteiger partial charge in [-0.25, -0.2) is 0 Å². The predicted octanol–water partition coefficient (Wildman–Crippen LogP) is 3.57. The molecule has 0 unspecified atom stereocenters. The number of hydrogen-bond acceptors (Lipinski definition) is 2. The smallest absolute Gasteiger partial charge is 0.261 e. The van der Waals surface area contributed by atoms with Gasteiger partial charge in [-0.05, 0) is 46.1 Å². The average molecular weight is 369 g/mol. The maximum atomic E-state index is 12.7. The second-order valence-corrected chi connectivity index (χ2v) is 6.42. The highest BCUT2D eigenvalue weighted by atomic mass is 79.9. The van der Waals surface area contributed by atoms with Gasteiger partial charge in [-0.2, -0.15) is 0 Å². The van der Waals surface area contributed by atoms with Gasteiger partial charge in [-0.1, -0.05) is 24.3 Å². The molecule has 1 aliphatic rings. The van der Waals surface area contributed by atoms with E-state index in [-0.39, 0.29) is 16.9 Å². The van der Waals surface area contributed by atoms with Gasteiger partial charge in [0.1, 0.15) is 5.56 Å². The minimum absolute atomic E-state index is 0.173. The summed E-state index contributed by atoms with van der Waals surface area (Å²) in [6, 6.07) is 13.0. The van der Waals surface area contributed by atoms with Gasteiger partial charge in [0.25, 0.3) is 5.91 Å². The first-order valence-electron chi connectivity index (χ1n) is 7.36. The van der Waals surface area contributed by atoms with E-state index in [1.54, 1.807) is 18.3 Å². The molecule has 4 rings (SSSR count). The zero-order valence-corrected chi connectivity index (χ0v) is 13.8. The first kappa shape index (κ1) is 14.2. The fraction of sp³-hybridized carbons (Fsp3) is 0.111. The molecular formula is C18H13BrN2O2. The van der Waals surface area contributed by atoms with E-state index in [0.717, 1.165) is 28.5 Å². The number of carbonyl (C=O) groups is 1. The lowest BCUT2D eigenvalue weighted by Gasteiger charge is -2.10. The highest BCUT2D eigenvalue weighted by Crippen LogP contribution is 2.25. The summed E-state index contributed by atoms with van der Waals surface area (Å²) in [7, 11) is 0. The van der Waals surface area contributed by atoms with Crippen LogP contribution in [0.4, 0.5) is 5.69 Å². The SMILES string of the molecule is O=C(Nc1ccccc1Br)c1cn2c3c(cccc3c1=O)CC2. The van der Waals surface area contributed by atoms with E-state index >= 15 is 0 Å². The molecule has 1 N–H and O–H groups in total. The van der Waals surface area contributed by atoms with Crippen molar-refractivity contribution in [3.63, 3.8) is 0 Å². The predicted molar refractivity (Wildman–Crippen MR) is 94.0 cm³/mol. The number of carbonyl (C=O) groups excluding carboxylic acids is 1. The number of anilines is 1. The standard InChI is InChI=1S/C18H13BrN2O2/c19-14-6-1-2-7-15(14)20-18(23)13-10-21-9-8-11-4-3-5-12(16(11)21)17(13)22/h1-7,10H,8-9H2,(H,20,23). The molecule has 0 spiro atoms. The molecule has 2 heterocycles. The van der Waals surface area contributed by atoms with Crippen LogP contribution >= 0.6 is 15.9 Å². The summed E-state index contributed by atoms with van der Waals surface area (Å²) in [6.07, 6.45) is 2.57. The van der Waals surface area contributed by atoms with Crippen LogP contribution in [0.2, 0.25) is 0 Å². The van der Waals surface area contributed by atoms with Gasteiger partial charge < -0.3 is 9.88 Å². The van der Waals surface area contributed by atoms with Crippen LogP contribution in [0.3, 0.4) is 0 Å². The minimum atomic E-state index is -0.384. The third-order valence-corrected chi connectivity index (χ3v) is 4.86. The van der Waals surface area contributed by atoms with Crippen molar-refractivity contribution in [1.29, 1.82) is 0 Å². The Balaban J connectivity index is 1.82. The van der Waals surface area contributed by atoms with E-state index < -0.39 is 0 Å². The average Bonchev–Trinajstić information content (AvgIpc) is 2.97. The third kappa shape index (κ3) is 2.28. The van der Waals surface area contributed by atoms with Crippen LogP contribution in [0, 0.1) is 0 Å². The fourth-order valence-corrected chi connectivity index (χ4v) is 3.45. The highest BCUT2D eigenvalue weighted by Gasteiger charge is 2.20. The Hall–Kier alpha value is -2.40. The lowest BCUT2D eigenvalue weighted by atomic mass is 10.1. The number of para-hydroxylation sites is 2. The van der Waals surface area contributed by atoms with Crippen LogP contribution in [-0.2, 0) is 13.0 Å². The molecule has 0 aliphatic carbocycles. The van der Waals surface area contributed by atoms with E-state index in [0.29, 0.717) is 11.1 Å². The fourth-order valence-electron chi connectivity index (χ4n) is 3.07. The number of aryl methyl sites for hydroxylation is 2. The van der Waals surface area contributed by atoms with Crippen LogP contribution in [0.5, 0.6) is 0 Å². The molecule has 0 radical (unpaired) electrons. The first-order valence-corrected chi connectivity index (χ1v) is 8.15. The largest absolute Gasteiger partial charge is 0.346 e. The normalized spacial score (nSPS) is 12.6. The Kier molecular flexibility index (Phi) is 3.31. The Morgan fingerprint density at radius 3 is 2.78 bits per heavy atom. The van der Waals surface area contributed by atoms with Crippen molar-refractivity contribution in [3.8, 4) is 0 Å². The second-order valence-electron chi connectivity index (χ2n) is 5.56. The summed E-state index contributed by atoms with van der Waals surface area (Å²) in [6.45, 7) is 0.797. The summed E-state index contributed by atoms with van der Waals surface area (Å²) in [5.74, 6) is -0.384. The van der Waals surface area contributed by atoms with Gasteiger partial charge in [0.2, 0.25) is 5.43 Å². The number of nitrogens with one attached hydrogen (secondary N) is 1. The van der Waals surface area contributed by atoms with Crippen molar-refractivity contribution in [2.24, 2.45) is 0 Å². The van der Waals surface area contributed by atoms with Crippen molar-refractivity contribution < 1.29 is 4.79 Å². The van der Waals surface area contributed by atoms with Crippen LogP contribution in [-0.4, -0.2) is 10.5 Å². The molecule has 3 aromatic rings. The quantitative estimate of drug-likeness (QED) is 0.751. The van der Waals surface area contributed by atoms with Gasteiger partial charge in [0.05, 0.1) is 11.2 Å². The number of rotatable bonds is 2. The molecule has 1 aliphatic heterocycles. The molecule has 5 heteroatoms. The summed E-state index contributed by atoms with van der Waals surface area (Å²) < 4.78 is 2.78. The molecule has 1 amide bonds. The summed E-state index contributed by atoms with van der Waals surface area (Å²) in [5, 5.41) is 3.41. The summed E-state index contributed by atoms with van der Waals surface area (Å²) in [5.41, 5.74) is 2.72. The molecule has 0 fully saturated rings. The number of benzene rings is 2. The van der Waals surface area contributed by atoms with Gasteiger partial charge >= 0.3 is 0 Å².